The number of hydrogen-bond acceptors (Lipinski definition) is 4. The Balaban J connectivity index is 2.23. The predicted molar refractivity (Wildman–Crippen MR) is 72.9 cm³/mol. The minimum Gasteiger partial charge on any atom is -0.493 e. The van der Waals surface area contributed by atoms with Gasteiger partial charge in [-0.15, -0.1) is 0 Å². The molecule has 1 aromatic carbocycles. The summed E-state index contributed by atoms with van der Waals surface area (Å²) in [6, 6.07) is 5.38. The molecule has 0 radical (unpaired) electrons. The Kier molecular flexibility index (Phi) is 4.27. The van der Waals surface area contributed by atoms with Crippen LogP contribution < -0.4 is 9.47 Å². The third kappa shape index (κ3) is 2.81. The van der Waals surface area contributed by atoms with E-state index in [4.69, 9.17) is 9.47 Å². The first-order valence-electron chi connectivity index (χ1n) is 6.36. The number of hydrogen-bond donors (Lipinski definition) is 0. The SMILES string of the molecule is COc1cccc(C(=O)N2CCN(C)CC2)c1OC. The van der Waals surface area contributed by atoms with Crippen LogP contribution >= 0.6 is 0 Å². The smallest absolute Gasteiger partial charge is 0.257 e. The van der Waals surface area contributed by atoms with Crippen LogP contribution in [0.25, 0.3) is 0 Å². The Hall–Kier alpha value is -1.75. The Labute approximate surface area is 113 Å². The summed E-state index contributed by atoms with van der Waals surface area (Å²) in [6.45, 7) is 3.29. The number of para-hydroxylation sites is 1. The van der Waals surface area contributed by atoms with Crippen molar-refractivity contribution in [2.45, 2.75) is 0 Å². The molecule has 0 spiro atoms. The molecule has 5 nitrogen and oxygen atoms in total. The summed E-state index contributed by atoms with van der Waals surface area (Å²) in [7, 11) is 5.19. The molecule has 1 saturated heterocycles. The van der Waals surface area contributed by atoms with Crippen molar-refractivity contribution < 1.29 is 14.3 Å². The van der Waals surface area contributed by atoms with E-state index >= 15 is 0 Å². The van der Waals surface area contributed by atoms with E-state index in [1.165, 1.54) is 0 Å². The summed E-state index contributed by atoms with van der Waals surface area (Å²) in [5.74, 6) is 1.10. The van der Waals surface area contributed by atoms with Crippen LogP contribution in [0.3, 0.4) is 0 Å². The summed E-state index contributed by atoms with van der Waals surface area (Å²) < 4.78 is 10.5. The van der Waals surface area contributed by atoms with E-state index in [0.29, 0.717) is 17.1 Å². The molecule has 1 aliphatic rings. The van der Waals surface area contributed by atoms with Crippen molar-refractivity contribution in [2.24, 2.45) is 0 Å². The van der Waals surface area contributed by atoms with E-state index in [1.54, 1.807) is 26.4 Å². The molecule has 0 bridgehead atoms. The van der Waals surface area contributed by atoms with Crippen LogP contribution in [0.2, 0.25) is 0 Å². The van der Waals surface area contributed by atoms with Crippen molar-refractivity contribution in [2.75, 3.05) is 47.4 Å². The van der Waals surface area contributed by atoms with Crippen molar-refractivity contribution >= 4 is 5.91 Å². The van der Waals surface area contributed by atoms with Gasteiger partial charge in [-0.05, 0) is 19.2 Å². The number of likely N-dealkylation sites (N-methyl/N-ethyl adjacent to an activating group) is 1. The lowest BCUT2D eigenvalue weighted by atomic mass is 10.1. The fourth-order valence-corrected chi connectivity index (χ4v) is 2.24. The molecule has 0 aliphatic carbocycles. The maximum absolute atomic E-state index is 12.5. The fraction of sp³-hybridized carbons (Fsp3) is 0.500. The number of nitrogens with zero attached hydrogens (tertiary/aromatic N) is 2. The second-order valence-electron chi connectivity index (χ2n) is 4.64. The molecule has 5 heteroatoms. The molecule has 1 amide bonds. The van der Waals surface area contributed by atoms with Crippen molar-refractivity contribution in [3.63, 3.8) is 0 Å². The average Bonchev–Trinajstić information content (AvgIpc) is 2.46. The quantitative estimate of drug-likeness (QED) is 0.819. The number of carbonyl (C=O) groups excluding carboxylic acids is 1. The van der Waals surface area contributed by atoms with Gasteiger partial charge in [-0.25, -0.2) is 0 Å². The molecular formula is C14H20N2O3. The second kappa shape index (κ2) is 5.93. The standard InChI is InChI=1S/C14H20N2O3/c1-15-7-9-16(10-8-15)14(17)11-5-4-6-12(18-2)13(11)19-3/h4-6H,7-10H2,1-3H3. The average molecular weight is 264 g/mol. The maximum atomic E-state index is 12.5. The lowest BCUT2D eigenvalue weighted by molar-refractivity contribution is 0.0660. The van der Waals surface area contributed by atoms with Gasteiger partial charge >= 0.3 is 0 Å². The van der Waals surface area contributed by atoms with Gasteiger partial charge in [0.2, 0.25) is 0 Å². The number of methoxy groups -OCH3 is 2. The van der Waals surface area contributed by atoms with Crippen LogP contribution in [0.15, 0.2) is 18.2 Å². The van der Waals surface area contributed by atoms with Crippen molar-refractivity contribution in [1.82, 2.24) is 9.80 Å². The van der Waals surface area contributed by atoms with Crippen LogP contribution in [-0.2, 0) is 0 Å². The first kappa shape index (κ1) is 13.7. The van der Waals surface area contributed by atoms with E-state index in [2.05, 4.69) is 11.9 Å². The molecule has 0 N–H and O–H groups in total. The lowest BCUT2D eigenvalue weighted by Gasteiger charge is -2.32. The summed E-state index contributed by atoms with van der Waals surface area (Å²) in [6.07, 6.45) is 0. The summed E-state index contributed by atoms with van der Waals surface area (Å²) in [4.78, 5) is 16.6. The highest BCUT2D eigenvalue weighted by Crippen LogP contribution is 2.31. The second-order valence-corrected chi connectivity index (χ2v) is 4.64. The fourth-order valence-electron chi connectivity index (χ4n) is 2.24. The zero-order chi connectivity index (χ0) is 13.8. The highest BCUT2D eigenvalue weighted by molar-refractivity contribution is 5.97. The van der Waals surface area contributed by atoms with E-state index in [0.717, 1.165) is 26.2 Å². The van der Waals surface area contributed by atoms with Crippen molar-refractivity contribution in [3.05, 3.63) is 23.8 Å². The highest BCUT2D eigenvalue weighted by atomic mass is 16.5. The zero-order valence-corrected chi connectivity index (χ0v) is 11.7. The molecule has 104 valence electrons. The van der Waals surface area contributed by atoms with E-state index in [1.807, 2.05) is 11.0 Å². The molecular weight excluding hydrogens is 244 g/mol. The Morgan fingerprint density at radius 3 is 2.37 bits per heavy atom. The van der Waals surface area contributed by atoms with Crippen molar-refractivity contribution in [1.29, 1.82) is 0 Å². The van der Waals surface area contributed by atoms with Crippen molar-refractivity contribution in [3.8, 4) is 11.5 Å². The number of benzene rings is 1. The van der Waals surface area contributed by atoms with Gasteiger partial charge in [0.05, 0.1) is 19.8 Å². The Morgan fingerprint density at radius 1 is 1.11 bits per heavy atom. The van der Waals surface area contributed by atoms with Gasteiger partial charge in [0.15, 0.2) is 11.5 Å². The largest absolute Gasteiger partial charge is 0.493 e. The Morgan fingerprint density at radius 2 is 1.79 bits per heavy atom. The van der Waals surface area contributed by atoms with Gasteiger partial charge in [-0.2, -0.15) is 0 Å². The Bertz CT molecular complexity index is 454. The third-order valence-electron chi connectivity index (χ3n) is 3.42. The number of amides is 1. The number of ether oxygens (including phenoxy) is 2. The molecule has 1 aromatic rings. The third-order valence-corrected chi connectivity index (χ3v) is 3.42. The molecule has 0 unspecified atom stereocenters. The predicted octanol–water partition coefficient (Wildman–Crippen LogP) is 1.09. The summed E-state index contributed by atoms with van der Waals surface area (Å²) >= 11 is 0. The zero-order valence-electron chi connectivity index (χ0n) is 11.7. The monoisotopic (exact) mass is 264 g/mol. The van der Waals surface area contributed by atoms with E-state index in [-0.39, 0.29) is 5.91 Å². The molecule has 19 heavy (non-hydrogen) atoms. The maximum Gasteiger partial charge on any atom is 0.257 e. The first-order valence-corrected chi connectivity index (χ1v) is 6.36. The van der Waals surface area contributed by atoms with E-state index < -0.39 is 0 Å². The van der Waals surface area contributed by atoms with Crippen LogP contribution in [0.5, 0.6) is 11.5 Å². The minimum atomic E-state index is 0.00356. The molecule has 1 heterocycles. The molecule has 0 saturated carbocycles. The van der Waals surface area contributed by atoms with Gasteiger partial charge in [-0.1, -0.05) is 6.07 Å². The van der Waals surface area contributed by atoms with Crippen LogP contribution in [-0.4, -0.2) is 63.2 Å². The van der Waals surface area contributed by atoms with Gasteiger partial charge in [0, 0.05) is 26.2 Å². The molecule has 1 aliphatic heterocycles. The van der Waals surface area contributed by atoms with Gasteiger partial charge in [0.1, 0.15) is 0 Å². The molecule has 0 atom stereocenters. The number of piperazine rings is 1. The van der Waals surface area contributed by atoms with Crippen LogP contribution in [0.1, 0.15) is 10.4 Å². The molecule has 0 aromatic heterocycles. The summed E-state index contributed by atoms with van der Waals surface area (Å²) in [5.41, 5.74) is 0.561. The van der Waals surface area contributed by atoms with E-state index in [9.17, 15) is 4.79 Å². The van der Waals surface area contributed by atoms with Gasteiger partial charge in [0.25, 0.3) is 5.91 Å². The topological polar surface area (TPSA) is 42.0 Å². The first-order chi connectivity index (χ1) is 9.17. The number of rotatable bonds is 3. The van der Waals surface area contributed by atoms with Crippen LogP contribution in [0, 0.1) is 0 Å². The normalized spacial score (nSPS) is 16.3. The summed E-state index contributed by atoms with van der Waals surface area (Å²) in [5, 5.41) is 0. The number of carbonyl (C=O) groups is 1. The molecule has 1 fully saturated rings. The molecule has 2 rings (SSSR count). The van der Waals surface area contributed by atoms with Gasteiger partial charge < -0.3 is 19.3 Å². The lowest BCUT2D eigenvalue weighted by Crippen LogP contribution is -2.47. The minimum absolute atomic E-state index is 0.00356. The van der Waals surface area contributed by atoms with Crippen LogP contribution in [0.4, 0.5) is 0 Å². The highest BCUT2D eigenvalue weighted by Gasteiger charge is 2.24. The van der Waals surface area contributed by atoms with Gasteiger partial charge in [-0.3, -0.25) is 4.79 Å².